The van der Waals surface area contributed by atoms with Gasteiger partial charge in [-0.25, -0.2) is 4.39 Å². The average Bonchev–Trinajstić information content (AvgIpc) is 2.64. The van der Waals surface area contributed by atoms with Crippen LogP contribution >= 0.6 is 11.8 Å². The first-order valence-electron chi connectivity index (χ1n) is 6.90. The highest BCUT2D eigenvalue weighted by atomic mass is 32.2. The van der Waals surface area contributed by atoms with E-state index in [0.717, 1.165) is 10.5 Å². The van der Waals surface area contributed by atoms with Gasteiger partial charge in [-0.2, -0.15) is 5.26 Å². The molecular formula is C18H14FNS. The van der Waals surface area contributed by atoms with Gasteiger partial charge in [-0.1, -0.05) is 32.0 Å². The van der Waals surface area contributed by atoms with Gasteiger partial charge < -0.3 is 0 Å². The van der Waals surface area contributed by atoms with Crippen molar-refractivity contribution in [3.63, 3.8) is 0 Å². The Morgan fingerprint density at radius 3 is 2.86 bits per heavy atom. The number of hydrogen-bond donors (Lipinski definition) is 0. The number of nitriles is 1. The molecule has 1 aliphatic rings. The number of rotatable bonds is 1. The van der Waals surface area contributed by atoms with Gasteiger partial charge in [-0.05, 0) is 35.2 Å². The predicted octanol–water partition coefficient (Wildman–Crippen LogP) is 4.69. The number of thioether (sulfide) groups is 1. The summed E-state index contributed by atoms with van der Waals surface area (Å²) in [6.45, 7) is 4.28. The van der Waals surface area contributed by atoms with E-state index in [1.165, 1.54) is 5.56 Å². The quantitative estimate of drug-likeness (QED) is 0.762. The molecule has 0 amide bonds. The van der Waals surface area contributed by atoms with Crippen LogP contribution in [0.15, 0.2) is 29.2 Å². The minimum Gasteiger partial charge on any atom is -0.205 e. The lowest BCUT2D eigenvalue weighted by atomic mass is 9.80. The maximum absolute atomic E-state index is 14.5. The monoisotopic (exact) mass is 295 g/mol. The van der Waals surface area contributed by atoms with Gasteiger partial charge >= 0.3 is 0 Å². The lowest BCUT2D eigenvalue weighted by Crippen LogP contribution is -2.11. The Kier molecular flexibility index (Phi) is 3.62. The molecule has 0 bridgehead atoms. The average molecular weight is 295 g/mol. The van der Waals surface area contributed by atoms with Crippen molar-refractivity contribution in [3.05, 3.63) is 64.5 Å². The number of benzene rings is 1. The van der Waals surface area contributed by atoms with E-state index in [2.05, 4.69) is 32.0 Å². The van der Waals surface area contributed by atoms with Gasteiger partial charge in [0, 0.05) is 17.2 Å². The molecule has 0 aromatic heterocycles. The molecule has 3 heteroatoms. The first-order chi connectivity index (χ1) is 10.1. The Morgan fingerprint density at radius 1 is 1.33 bits per heavy atom. The third-order valence-electron chi connectivity index (χ3n) is 3.89. The maximum atomic E-state index is 14.5. The van der Waals surface area contributed by atoms with E-state index in [0.29, 0.717) is 17.2 Å². The van der Waals surface area contributed by atoms with Crippen molar-refractivity contribution in [2.45, 2.75) is 30.4 Å². The molecule has 0 radical (unpaired) electrons. The lowest BCUT2D eigenvalue weighted by Gasteiger charge is -2.23. The first-order valence-corrected chi connectivity index (χ1v) is 7.88. The fourth-order valence-corrected chi connectivity index (χ4v) is 4.02. The van der Waals surface area contributed by atoms with Gasteiger partial charge in [0.2, 0.25) is 0 Å². The molecule has 1 atom stereocenters. The van der Waals surface area contributed by atoms with Crippen LogP contribution < -0.4 is 0 Å². The molecule has 0 saturated heterocycles. The van der Waals surface area contributed by atoms with Gasteiger partial charge in [0.05, 0.1) is 10.5 Å². The van der Waals surface area contributed by atoms with Crippen LogP contribution in [0.3, 0.4) is 0 Å². The van der Waals surface area contributed by atoms with Gasteiger partial charge in [-0.3, -0.25) is 0 Å². The second-order valence-electron chi connectivity index (χ2n) is 5.50. The van der Waals surface area contributed by atoms with Crippen molar-refractivity contribution in [3.8, 4) is 6.07 Å². The Morgan fingerprint density at radius 2 is 2.14 bits per heavy atom. The zero-order valence-corrected chi connectivity index (χ0v) is 12.7. The molecule has 1 nitrogen and oxygen atoms in total. The zero-order chi connectivity index (χ0) is 15.0. The number of hydrogen-bond acceptors (Lipinski definition) is 2. The normalized spacial score (nSPS) is 16.4. The van der Waals surface area contributed by atoms with E-state index in [1.807, 2.05) is 18.2 Å². The Hall–Kier alpha value is -1.97. The van der Waals surface area contributed by atoms with Crippen molar-refractivity contribution in [1.82, 2.24) is 0 Å². The van der Waals surface area contributed by atoms with Crippen molar-refractivity contribution >= 4 is 11.8 Å². The van der Waals surface area contributed by atoms with Crippen molar-refractivity contribution in [2.24, 2.45) is 5.92 Å². The molecule has 0 spiro atoms. The summed E-state index contributed by atoms with van der Waals surface area (Å²) in [5.41, 5.74) is 2.95. The number of nitrogens with zero attached hydrogens (tertiary/aromatic N) is 1. The summed E-state index contributed by atoms with van der Waals surface area (Å²) < 4.78 is 14.5. The molecule has 1 unspecified atom stereocenters. The van der Waals surface area contributed by atoms with E-state index in [1.54, 1.807) is 17.8 Å². The van der Waals surface area contributed by atoms with Crippen molar-refractivity contribution < 1.29 is 4.39 Å². The molecule has 1 heterocycles. The van der Waals surface area contributed by atoms with Crippen LogP contribution in [-0.4, -0.2) is 0 Å². The molecule has 0 aliphatic carbocycles. The summed E-state index contributed by atoms with van der Waals surface area (Å²) in [6, 6.07) is 15.5. The van der Waals surface area contributed by atoms with Gasteiger partial charge in [0.1, 0.15) is 11.9 Å². The topological polar surface area (TPSA) is 23.8 Å². The van der Waals surface area contributed by atoms with E-state index < -0.39 is 0 Å². The summed E-state index contributed by atoms with van der Waals surface area (Å²) in [5.74, 6) is 0.619. The second kappa shape index (κ2) is 5.43. The maximum Gasteiger partial charge on any atom is 0.145 e. The standard InChI is InChI=1S/C18H14FNS/c1-11(2)17-13-8-7-12(9-20)18(19)15(13)10-21-16-6-4-3-5-14(16)17/h3,5,7-8,11,17H,10H2,1-2H3. The third kappa shape index (κ3) is 2.28. The fraction of sp³-hybridized carbons (Fsp3) is 0.278. The highest BCUT2D eigenvalue weighted by Gasteiger charge is 2.28. The van der Waals surface area contributed by atoms with Crippen LogP contribution in [0.1, 0.15) is 42.0 Å². The molecule has 21 heavy (non-hydrogen) atoms. The Labute approximate surface area is 128 Å². The summed E-state index contributed by atoms with van der Waals surface area (Å²) in [4.78, 5) is 1.03. The van der Waals surface area contributed by atoms with Crippen molar-refractivity contribution in [1.29, 1.82) is 5.26 Å². The van der Waals surface area contributed by atoms with E-state index in [-0.39, 0.29) is 17.3 Å². The summed E-state index contributed by atoms with van der Waals surface area (Å²) in [6.07, 6.45) is 0. The second-order valence-corrected chi connectivity index (χ2v) is 6.49. The van der Waals surface area contributed by atoms with Gasteiger partial charge in [0.25, 0.3) is 0 Å². The number of fused-ring (bicyclic) bond motifs is 2. The highest BCUT2D eigenvalue weighted by Crippen LogP contribution is 2.44. The van der Waals surface area contributed by atoms with Crippen LogP contribution in [0.25, 0.3) is 0 Å². The molecule has 0 saturated carbocycles. The highest BCUT2D eigenvalue weighted by molar-refractivity contribution is 7.98. The van der Waals surface area contributed by atoms with Gasteiger partial charge in [-0.15, -0.1) is 11.8 Å². The van der Waals surface area contributed by atoms with Crippen LogP contribution in [0.5, 0.6) is 0 Å². The predicted molar refractivity (Wildman–Crippen MR) is 81.5 cm³/mol. The zero-order valence-electron chi connectivity index (χ0n) is 11.9. The molecule has 0 N–H and O–H groups in total. The van der Waals surface area contributed by atoms with E-state index >= 15 is 0 Å². The molecule has 3 rings (SSSR count). The Balaban J connectivity index is 2.26. The molecule has 104 valence electrons. The molecule has 2 aromatic rings. The lowest BCUT2D eigenvalue weighted by molar-refractivity contribution is 0.546. The molecular weight excluding hydrogens is 281 g/mol. The minimum atomic E-state index is -0.370. The number of halogens is 1. The van der Waals surface area contributed by atoms with Crippen LogP contribution in [0.4, 0.5) is 4.39 Å². The largest absolute Gasteiger partial charge is 0.205 e. The van der Waals surface area contributed by atoms with Crippen molar-refractivity contribution in [2.75, 3.05) is 0 Å². The smallest absolute Gasteiger partial charge is 0.145 e. The van der Waals surface area contributed by atoms with Gasteiger partial charge in [0.15, 0.2) is 0 Å². The molecule has 0 fully saturated rings. The SMILES string of the molecule is CC(C)C1c2ccc#cc2SCc2c1ccc(C#N)c2F. The van der Waals surface area contributed by atoms with Crippen LogP contribution in [-0.2, 0) is 5.75 Å². The first kappa shape index (κ1) is 14.0. The van der Waals surface area contributed by atoms with Crippen LogP contribution in [0.2, 0.25) is 0 Å². The third-order valence-corrected chi connectivity index (χ3v) is 4.95. The minimum absolute atomic E-state index is 0.123. The van der Waals surface area contributed by atoms with Crippen LogP contribution in [0, 0.1) is 35.2 Å². The molecule has 1 aliphatic heterocycles. The fourth-order valence-electron chi connectivity index (χ4n) is 2.94. The Bertz CT molecular complexity index is 730. The molecule has 2 aromatic carbocycles. The summed E-state index contributed by atoms with van der Waals surface area (Å²) in [7, 11) is 0. The summed E-state index contributed by atoms with van der Waals surface area (Å²) in [5, 5.41) is 9.03. The van der Waals surface area contributed by atoms with E-state index in [4.69, 9.17) is 5.26 Å². The summed E-state index contributed by atoms with van der Waals surface area (Å²) >= 11 is 1.57. The van der Waals surface area contributed by atoms with E-state index in [9.17, 15) is 4.39 Å².